The lowest BCUT2D eigenvalue weighted by molar-refractivity contribution is 1.69. The first-order valence-electron chi connectivity index (χ1n) is 16.2. The fourth-order valence-corrected chi connectivity index (χ4v) is 8.93. The minimum Gasteiger partial charge on any atom is -0.135 e. The van der Waals surface area contributed by atoms with Gasteiger partial charge in [-0.1, -0.05) is 152 Å². The van der Waals surface area contributed by atoms with Gasteiger partial charge < -0.3 is 0 Å². The van der Waals surface area contributed by atoms with E-state index in [1.165, 1.54) is 96.6 Å². The third-order valence-corrected chi connectivity index (χ3v) is 11.0. The number of hydrogen-bond donors (Lipinski definition) is 0. The monoisotopic (exact) mass is 612 g/mol. The molecule has 10 rings (SSSR count). The second kappa shape index (κ2) is 10.4. The molecule has 0 aliphatic carbocycles. The Balaban J connectivity index is 1.23. The van der Waals surface area contributed by atoms with Crippen molar-refractivity contribution >= 4 is 74.6 Å². The molecule has 9 aromatic carbocycles. The molecular weight excluding hydrogens is 585 g/mol. The van der Waals surface area contributed by atoms with Gasteiger partial charge in [-0.3, -0.25) is 0 Å². The van der Waals surface area contributed by atoms with E-state index in [4.69, 9.17) is 0 Å². The van der Waals surface area contributed by atoms with E-state index in [-0.39, 0.29) is 0 Å². The Labute approximate surface area is 276 Å². The molecule has 0 saturated heterocycles. The molecule has 47 heavy (non-hydrogen) atoms. The highest BCUT2D eigenvalue weighted by Gasteiger charge is 2.18. The van der Waals surface area contributed by atoms with Crippen LogP contribution in [0.4, 0.5) is 0 Å². The van der Waals surface area contributed by atoms with E-state index in [1.807, 2.05) is 11.3 Å². The zero-order valence-corrected chi connectivity index (χ0v) is 26.4. The molecule has 0 aliphatic heterocycles. The maximum absolute atomic E-state index is 2.43. The van der Waals surface area contributed by atoms with Crippen LogP contribution >= 0.6 is 11.3 Å². The highest BCUT2D eigenvalue weighted by atomic mass is 32.1. The summed E-state index contributed by atoms with van der Waals surface area (Å²) in [7, 11) is 0. The second-order valence-corrected chi connectivity index (χ2v) is 13.5. The van der Waals surface area contributed by atoms with Gasteiger partial charge >= 0.3 is 0 Å². The molecule has 10 aromatic rings. The molecule has 0 bridgehead atoms. The van der Waals surface area contributed by atoms with Crippen molar-refractivity contribution in [3.8, 4) is 33.4 Å². The first-order valence-corrected chi connectivity index (χ1v) is 17.0. The first kappa shape index (κ1) is 26.5. The number of fused-ring (bicyclic) bond motifs is 7. The van der Waals surface area contributed by atoms with Crippen LogP contribution in [0.3, 0.4) is 0 Å². The molecule has 218 valence electrons. The second-order valence-electron chi connectivity index (χ2n) is 12.4. The third-order valence-electron chi connectivity index (χ3n) is 9.84. The van der Waals surface area contributed by atoms with Gasteiger partial charge in [0.2, 0.25) is 0 Å². The third kappa shape index (κ3) is 4.07. The van der Waals surface area contributed by atoms with Gasteiger partial charge in [-0.05, 0) is 94.7 Å². The van der Waals surface area contributed by atoms with Crippen molar-refractivity contribution in [2.75, 3.05) is 0 Å². The highest BCUT2D eigenvalue weighted by molar-refractivity contribution is 7.26. The fraction of sp³-hybridized carbons (Fsp3) is 0. The van der Waals surface area contributed by atoms with Crippen molar-refractivity contribution in [2.45, 2.75) is 0 Å². The van der Waals surface area contributed by atoms with Crippen molar-refractivity contribution in [2.24, 2.45) is 0 Å². The Morgan fingerprint density at radius 3 is 1.55 bits per heavy atom. The maximum Gasteiger partial charge on any atom is 0.0361 e. The van der Waals surface area contributed by atoms with Crippen molar-refractivity contribution in [1.82, 2.24) is 0 Å². The summed E-state index contributed by atoms with van der Waals surface area (Å²) in [4.78, 5) is 0. The Kier molecular flexibility index (Phi) is 5.85. The Morgan fingerprint density at radius 1 is 0.298 bits per heavy atom. The van der Waals surface area contributed by atoms with Crippen LogP contribution in [0.25, 0.3) is 96.6 Å². The van der Waals surface area contributed by atoms with Crippen LogP contribution in [-0.4, -0.2) is 0 Å². The fourth-order valence-electron chi connectivity index (χ4n) is 7.76. The van der Waals surface area contributed by atoms with Gasteiger partial charge in [0.15, 0.2) is 0 Å². The first-order chi connectivity index (χ1) is 23.3. The molecule has 0 radical (unpaired) electrons. The number of benzene rings is 9. The quantitative estimate of drug-likeness (QED) is 0.174. The Hall–Kier alpha value is -5.76. The summed E-state index contributed by atoms with van der Waals surface area (Å²) in [6, 6.07) is 62.7. The van der Waals surface area contributed by atoms with Crippen LogP contribution in [0.2, 0.25) is 0 Å². The molecule has 1 heteroatoms. The van der Waals surface area contributed by atoms with Crippen molar-refractivity contribution in [3.63, 3.8) is 0 Å². The van der Waals surface area contributed by atoms with Crippen molar-refractivity contribution in [3.05, 3.63) is 170 Å². The van der Waals surface area contributed by atoms with Gasteiger partial charge in [-0.15, -0.1) is 11.3 Å². The van der Waals surface area contributed by atoms with E-state index in [1.54, 1.807) is 0 Å². The summed E-state index contributed by atoms with van der Waals surface area (Å²) < 4.78 is 2.64. The molecule has 1 aromatic heterocycles. The molecular formula is C46H28S. The molecule has 0 nitrogen and oxygen atoms in total. The molecule has 0 fully saturated rings. The van der Waals surface area contributed by atoms with E-state index in [9.17, 15) is 0 Å². The summed E-state index contributed by atoms with van der Waals surface area (Å²) in [5.74, 6) is 0. The Morgan fingerprint density at radius 2 is 0.830 bits per heavy atom. The standard InChI is InChI=1S/C46H28S/c1-2-13-31-27-32(24-23-29(31)11-1)44-37-16-5-7-18-39(37)45(40-19-8-6-17-38(40)44)33-25-26-41-43(28-33)47-42-22-10-21-36(46(41)42)35-20-9-14-30-12-3-4-15-34(30)35/h1-28H. The Bertz CT molecular complexity index is 2790. The van der Waals surface area contributed by atoms with Crippen molar-refractivity contribution < 1.29 is 0 Å². The summed E-state index contributed by atoms with van der Waals surface area (Å²) in [6.07, 6.45) is 0. The van der Waals surface area contributed by atoms with E-state index in [2.05, 4.69) is 170 Å². The molecule has 0 N–H and O–H groups in total. The van der Waals surface area contributed by atoms with E-state index in [0.717, 1.165) is 0 Å². The largest absolute Gasteiger partial charge is 0.135 e. The molecule has 0 unspecified atom stereocenters. The summed E-state index contributed by atoms with van der Waals surface area (Å²) in [6.45, 7) is 0. The predicted octanol–water partition coefficient (Wildman–Crippen LogP) is 13.7. The van der Waals surface area contributed by atoms with E-state index >= 15 is 0 Å². The van der Waals surface area contributed by atoms with E-state index < -0.39 is 0 Å². The lowest BCUT2D eigenvalue weighted by Crippen LogP contribution is -1.91. The SMILES string of the molecule is c1ccc2cc(-c3c4ccccc4c(-c4ccc5c(c4)sc4cccc(-c6cccc7ccccc67)c45)c4ccccc34)ccc2c1. The van der Waals surface area contributed by atoms with Crippen LogP contribution < -0.4 is 0 Å². The lowest BCUT2D eigenvalue weighted by Gasteiger charge is -2.18. The minimum absolute atomic E-state index is 1.25. The molecule has 0 atom stereocenters. The molecule has 1 heterocycles. The molecule has 0 saturated carbocycles. The van der Waals surface area contributed by atoms with Crippen LogP contribution in [0.5, 0.6) is 0 Å². The predicted molar refractivity (Wildman–Crippen MR) is 206 cm³/mol. The van der Waals surface area contributed by atoms with Crippen LogP contribution in [0.15, 0.2) is 170 Å². The normalized spacial score (nSPS) is 11.8. The molecule has 0 amide bonds. The van der Waals surface area contributed by atoms with Crippen LogP contribution in [0.1, 0.15) is 0 Å². The van der Waals surface area contributed by atoms with Gasteiger partial charge in [0.25, 0.3) is 0 Å². The zero-order chi connectivity index (χ0) is 30.9. The van der Waals surface area contributed by atoms with Gasteiger partial charge in [-0.2, -0.15) is 0 Å². The average molecular weight is 613 g/mol. The summed E-state index contributed by atoms with van der Waals surface area (Å²) in [5.41, 5.74) is 7.70. The summed E-state index contributed by atoms with van der Waals surface area (Å²) in [5, 5.41) is 12.9. The minimum atomic E-state index is 1.25. The topological polar surface area (TPSA) is 0 Å². The number of hydrogen-bond acceptors (Lipinski definition) is 1. The number of rotatable bonds is 3. The zero-order valence-electron chi connectivity index (χ0n) is 25.6. The number of thiophene rings is 1. The van der Waals surface area contributed by atoms with E-state index in [0.29, 0.717) is 0 Å². The smallest absolute Gasteiger partial charge is 0.0361 e. The molecule has 0 spiro atoms. The van der Waals surface area contributed by atoms with Gasteiger partial charge in [0.05, 0.1) is 0 Å². The average Bonchev–Trinajstić information content (AvgIpc) is 3.51. The van der Waals surface area contributed by atoms with Gasteiger partial charge in [0.1, 0.15) is 0 Å². The van der Waals surface area contributed by atoms with Crippen LogP contribution in [0, 0.1) is 0 Å². The van der Waals surface area contributed by atoms with Crippen LogP contribution in [-0.2, 0) is 0 Å². The maximum atomic E-state index is 2.43. The molecule has 0 aliphatic rings. The summed E-state index contributed by atoms with van der Waals surface area (Å²) >= 11 is 1.90. The lowest BCUT2D eigenvalue weighted by atomic mass is 9.85. The van der Waals surface area contributed by atoms with Gasteiger partial charge in [-0.25, -0.2) is 0 Å². The van der Waals surface area contributed by atoms with Crippen molar-refractivity contribution in [1.29, 1.82) is 0 Å². The van der Waals surface area contributed by atoms with Gasteiger partial charge in [0, 0.05) is 20.2 Å². The highest BCUT2D eigenvalue weighted by Crippen LogP contribution is 2.47.